The predicted molar refractivity (Wildman–Crippen MR) is 128 cm³/mol. The highest BCUT2D eigenvalue weighted by molar-refractivity contribution is 14.0. The molecule has 1 aromatic rings. The van der Waals surface area contributed by atoms with Crippen LogP contribution in [0.25, 0.3) is 0 Å². The minimum atomic E-state index is 0. The Balaban J connectivity index is 0.00000392. The number of benzene rings is 1. The lowest BCUT2D eigenvalue weighted by Gasteiger charge is -2.21. The van der Waals surface area contributed by atoms with Crippen molar-refractivity contribution in [3.8, 4) is 0 Å². The fourth-order valence-electron chi connectivity index (χ4n) is 3.50. The minimum absolute atomic E-state index is 0. The third-order valence-corrected chi connectivity index (χ3v) is 5.03. The average Bonchev–Trinajstić information content (AvgIpc) is 2.64. The summed E-state index contributed by atoms with van der Waals surface area (Å²) in [6, 6.07) is 4.46. The van der Waals surface area contributed by atoms with E-state index in [1.54, 1.807) is 0 Å². The van der Waals surface area contributed by atoms with Crippen molar-refractivity contribution in [1.29, 1.82) is 0 Å². The molecule has 1 aromatic carbocycles. The molecule has 0 saturated carbocycles. The first-order valence-corrected chi connectivity index (χ1v) is 10.3. The van der Waals surface area contributed by atoms with Crippen LogP contribution in [0.5, 0.6) is 0 Å². The molecule has 0 spiro atoms. The summed E-state index contributed by atoms with van der Waals surface area (Å²) in [7, 11) is 0. The van der Waals surface area contributed by atoms with Gasteiger partial charge in [-0.05, 0) is 69.6 Å². The van der Waals surface area contributed by atoms with Gasteiger partial charge in [0.15, 0.2) is 5.96 Å². The summed E-state index contributed by atoms with van der Waals surface area (Å²) in [6.07, 6.45) is 3.25. The van der Waals surface area contributed by atoms with Gasteiger partial charge in [0.1, 0.15) is 0 Å². The molecule has 1 fully saturated rings. The molecule has 1 aliphatic heterocycles. The molecule has 0 aromatic heterocycles. The number of hydrogen-bond donors (Lipinski definition) is 2. The lowest BCUT2D eigenvalue weighted by Crippen LogP contribution is -2.38. The highest BCUT2D eigenvalue weighted by Crippen LogP contribution is 2.17. The zero-order valence-electron chi connectivity index (χ0n) is 18.0. The molecule has 160 valence electrons. The summed E-state index contributed by atoms with van der Waals surface area (Å²) in [5.41, 5.74) is 5.25. The van der Waals surface area contributed by atoms with E-state index >= 15 is 0 Å². The van der Waals surface area contributed by atoms with E-state index in [0.717, 1.165) is 64.7 Å². The second-order valence-corrected chi connectivity index (χ2v) is 7.48. The highest BCUT2D eigenvalue weighted by atomic mass is 127. The molecule has 6 heteroatoms. The Morgan fingerprint density at radius 3 is 2.46 bits per heavy atom. The molecule has 1 aliphatic rings. The van der Waals surface area contributed by atoms with Crippen LogP contribution in [-0.4, -0.2) is 45.5 Å². The number of hydrogen-bond acceptors (Lipinski definition) is 3. The summed E-state index contributed by atoms with van der Waals surface area (Å²) in [6.45, 7) is 14.4. The largest absolute Gasteiger partial charge is 0.381 e. The first kappa shape index (κ1) is 25.2. The molecule has 1 saturated heterocycles. The van der Waals surface area contributed by atoms with Gasteiger partial charge in [0.05, 0.1) is 6.54 Å². The number of aryl methyl sites for hydroxylation is 3. The minimum Gasteiger partial charge on any atom is -0.381 e. The summed E-state index contributed by atoms with van der Waals surface area (Å²) in [4.78, 5) is 4.77. The fourth-order valence-corrected chi connectivity index (χ4v) is 3.50. The zero-order chi connectivity index (χ0) is 19.5. The van der Waals surface area contributed by atoms with E-state index in [1.807, 2.05) is 0 Å². The molecule has 1 heterocycles. The number of nitrogens with one attached hydrogen (secondary N) is 2. The van der Waals surface area contributed by atoms with Crippen molar-refractivity contribution < 1.29 is 9.47 Å². The van der Waals surface area contributed by atoms with Crippen LogP contribution in [0.3, 0.4) is 0 Å². The van der Waals surface area contributed by atoms with Gasteiger partial charge in [-0.15, -0.1) is 24.0 Å². The van der Waals surface area contributed by atoms with Gasteiger partial charge >= 0.3 is 0 Å². The Morgan fingerprint density at radius 2 is 1.82 bits per heavy atom. The fraction of sp³-hybridized carbons (Fsp3) is 0.682. The summed E-state index contributed by atoms with van der Waals surface area (Å²) in [5.74, 6) is 1.55. The standard InChI is InChI=1S/C22H37N3O2.HI/c1-5-23-22(25-15-21-18(3)13-17(2)14-19(21)4)24-9-6-10-27-16-20-7-11-26-12-8-20;/h13-14,20H,5-12,15-16H2,1-4H3,(H2,23,24,25);1H. The molecular weight excluding hydrogens is 465 g/mol. The molecule has 0 bridgehead atoms. The number of guanidine groups is 1. The number of ether oxygens (including phenoxy) is 2. The van der Waals surface area contributed by atoms with E-state index in [2.05, 4.69) is 50.5 Å². The van der Waals surface area contributed by atoms with Gasteiger partial charge in [-0.3, -0.25) is 0 Å². The van der Waals surface area contributed by atoms with Gasteiger partial charge < -0.3 is 20.1 Å². The normalized spacial score (nSPS) is 15.2. The predicted octanol–water partition coefficient (Wildman–Crippen LogP) is 4.12. The molecule has 5 nitrogen and oxygen atoms in total. The molecule has 0 atom stereocenters. The summed E-state index contributed by atoms with van der Waals surface area (Å²) >= 11 is 0. The maximum Gasteiger partial charge on any atom is 0.191 e. The van der Waals surface area contributed by atoms with Gasteiger partial charge in [0.25, 0.3) is 0 Å². The number of aliphatic imine (C=N–C) groups is 1. The zero-order valence-corrected chi connectivity index (χ0v) is 20.3. The van der Waals surface area contributed by atoms with Crippen LogP contribution >= 0.6 is 24.0 Å². The van der Waals surface area contributed by atoms with Gasteiger partial charge in [-0.1, -0.05) is 17.7 Å². The third kappa shape index (κ3) is 9.09. The van der Waals surface area contributed by atoms with Crippen molar-refractivity contribution in [1.82, 2.24) is 10.6 Å². The Hall–Kier alpha value is -0.860. The Labute approximate surface area is 188 Å². The van der Waals surface area contributed by atoms with Crippen LogP contribution in [0.15, 0.2) is 17.1 Å². The molecule has 2 N–H and O–H groups in total. The maximum atomic E-state index is 5.83. The van der Waals surface area contributed by atoms with Crippen molar-refractivity contribution in [2.75, 3.05) is 39.5 Å². The van der Waals surface area contributed by atoms with Crippen LogP contribution < -0.4 is 10.6 Å². The Bertz CT molecular complexity index is 578. The van der Waals surface area contributed by atoms with Gasteiger partial charge in [-0.2, -0.15) is 0 Å². The third-order valence-electron chi connectivity index (χ3n) is 5.03. The van der Waals surface area contributed by atoms with Crippen LogP contribution in [0, 0.1) is 26.7 Å². The van der Waals surface area contributed by atoms with Crippen LogP contribution in [0.2, 0.25) is 0 Å². The number of halogens is 1. The lowest BCUT2D eigenvalue weighted by atomic mass is 10.00. The quantitative estimate of drug-likeness (QED) is 0.231. The van der Waals surface area contributed by atoms with Crippen molar-refractivity contribution >= 4 is 29.9 Å². The summed E-state index contributed by atoms with van der Waals surface area (Å²) in [5, 5.41) is 6.75. The van der Waals surface area contributed by atoms with E-state index in [0.29, 0.717) is 12.5 Å². The maximum absolute atomic E-state index is 5.83. The topological polar surface area (TPSA) is 54.9 Å². The van der Waals surface area contributed by atoms with E-state index in [9.17, 15) is 0 Å². The summed E-state index contributed by atoms with van der Waals surface area (Å²) < 4.78 is 11.2. The van der Waals surface area contributed by atoms with Crippen molar-refractivity contribution in [2.45, 2.75) is 53.5 Å². The van der Waals surface area contributed by atoms with Crippen molar-refractivity contribution in [3.05, 3.63) is 34.4 Å². The van der Waals surface area contributed by atoms with Gasteiger partial charge in [0.2, 0.25) is 0 Å². The second kappa shape index (κ2) is 14.2. The Morgan fingerprint density at radius 1 is 1.14 bits per heavy atom. The molecule has 0 amide bonds. The lowest BCUT2D eigenvalue weighted by molar-refractivity contribution is 0.0203. The van der Waals surface area contributed by atoms with Crippen molar-refractivity contribution in [3.63, 3.8) is 0 Å². The molecule has 0 radical (unpaired) electrons. The molecule has 0 aliphatic carbocycles. The van der Waals surface area contributed by atoms with Crippen molar-refractivity contribution in [2.24, 2.45) is 10.9 Å². The van der Waals surface area contributed by atoms with Crippen LogP contribution in [0.4, 0.5) is 0 Å². The molecular formula is C22H38IN3O2. The highest BCUT2D eigenvalue weighted by Gasteiger charge is 2.13. The van der Waals surface area contributed by atoms with Crippen LogP contribution in [0.1, 0.15) is 48.4 Å². The van der Waals surface area contributed by atoms with E-state index < -0.39 is 0 Å². The van der Waals surface area contributed by atoms with E-state index in [1.165, 1.54) is 22.3 Å². The van der Waals surface area contributed by atoms with Gasteiger partial charge in [0, 0.05) is 39.5 Å². The first-order chi connectivity index (χ1) is 13.1. The number of nitrogens with zero attached hydrogens (tertiary/aromatic N) is 1. The molecule has 2 rings (SSSR count). The first-order valence-electron chi connectivity index (χ1n) is 10.3. The average molecular weight is 503 g/mol. The smallest absolute Gasteiger partial charge is 0.191 e. The molecule has 0 unspecified atom stereocenters. The van der Waals surface area contributed by atoms with E-state index in [-0.39, 0.29) is 24.0 Å². The Kier molecular flexibility index (Phi) is 12.7. The number of rotatable bonds is 9. The molecule has 28 heavy (non-hydrogen) atoms. The second-order valence-electron chi connectivity index (χ2n) is 7.48. The van der Waals surface area contributed by atoms with Crippen LogP contribution in [-0.2, 0) is 16.0 Å². The van der Waals surface area contributed by atoms with Gasteiger partial charge in [-0.25, -0.2) is 4.99 Å². The van der Waals surface area contributed by atoms with E-state index in [4.69, 9.17) is 14.5 Å². The SMILES string of the molecule is CCNC(=NCc1c(C)cc(C)cc1C)NCCCOCC1CCOCC1.I. The monoisotopic (exact) mass is 503 g/mol.